The maximum absolute atomic E-state index is 12.0. The van der Waals surface area contributed by atoms with Crippen molar-refractivity contribution in [2.24, 2.45) is 4.99 Å². The molecule has 0 fully saturated rings. The molecular formula is C19H32N4O4. The highest BCUT2D eigenvalue weighted by atomic mass is 16.5. The zero-order valence-corrected chi connectivity index (χ0v) is 16.5. The highest BCUT2D eigenvalue weighted by molar-refractivity contribution is 5.84. The quantitative estimate of drug-likeness (QED) is 0.268. The largest absolute Gasteiger partial charge is 0.497 e. The fourth-order valence-electron chi connectivity index (χ4n) is 2.12. The summed E-state index contributed by atoms with van der Waals surface area (Å²) in [5, 5.41) is 9.16. The van der Waals surface area contributed by atoms with Gasteiger partial charge in [-0.05, 0) is 31.0 Å². The van der Waals surface area contributed by atoms with Crippen molar-refractivity contribution in [1.82, 2.24) is 16.0 Å². The molecule has 0 aliphatic rings. The van der Waals surface area contributed by atoms with Crippen LogP contribution in [0.4, 0.5) is 0 Å². The second-order valence-electron chi connectivity index (χ2n) is 5.71. The molecular weight excluding hydrogens is 348 g/mol. The molecule has 8 nitrogen and oxygen atoms in total. The first-order valence-electron chi connectivity index (χ1n) is 9.18. The van der Waals surface area contributed by atoms with Gasteiger partial charge in [-0.1, -0.05) is 12.1 Å². The van der Waals surface area contributed by atoms with Gasteiger partial charge in [0.2, 0.25) is 5.91 Å². The summed E-state index contributed by atoms with van der Waals surface area (Å²) in [5.41, 5.74) is 1.01. The number of hydrogen-bond donors (Lipinski definition) is 3. The van der Waals surface area contributed by atoms with Gasteiger partial charge in [0.15, 0.2) is 5.96 Å². The number of aliphatic imine (C=N–C) groups is 1. The molecule has 0 heterocycles. The van der Waals surface area contributed by atoms with Gasteiger partial charge in [0.1, 0.15) is 12.3 Å². The minimum absolute atomic E-state index is 0.0653. The van der Waals surface area contributed by atoms with Crippen molar-refractivity contribution >= 4 is 11.9 Å². The molecule has 1 amide bonds. The number of nitrogens with one attached hydrogen (secondary N) is 3. The summed E-state index contributed by atoms with van der Waals surface area (Å²) in [6.45, 7) is 5.79. The monoisotopic (exact) mass is 380 g/mol. The van der Waals surface area contributed by atoms with Crippen LogP contribution in [-0.2, 0) is 20.8 Å². The van der Waals surface area contributed by atoms with Gasteiger partial charge in [-0.25, -0.2) is 4.99 Å². The van der Waals surface area contributed by atoms with E-state index in [4.69, 9.17) is 14.2 Å². The summed E-state index contributed by atoms with van der Waals surface area (Å²) in [6, 6.07) is 7.57. The standard InChI is InChI=1S/C19H32N4O4/c1-4-20-19(21-10-5-11-27-13-12-25-2)23-15-18(24)22-14-16-6-8-17(26-3)9-7-16/h6-9H,4-5,10-15H2,1-3H3,(H,22,24)(H2,20,21,23). The van der Waals surface area contributed by atoms with E-state index >= 15 is 0 Å². The lowest BCUT2D eigenvalue weighted by molar-refractivity contribution is -0.119. The summed E-state index contributed by atoms with van der Waals surface area (Å²) >= 11 is 0. The Hall–Kier alpha value is -2.32. The number of amides is 1. The number of methoxy groups -OCH3 is 2. The molecule has 0 radical (unpaired) electrons. The average Bonchev–Trinajstić information content (AvgIpc) is 2.70. The van der Waals surface area contributed by atoms with Crippen LogP contribution in [0.5, 0.6) is 5.75 Å². The minimum atomic E-state index is -0.133. The SMILES string of the molecule is CCNC(=NCC(=O)NCc1ccc(OC)cc1)NCCCOCCOC. The van der Waals surface area contributed by atoms with Crippen molar-refractivity contribution in [2.75, 3.05) is 53.7 Å². The number of benzene rings is 1. The van der Waals surface area contributed by atoms with E-state index in [1.807, 2.05) is 31.2 Å². The smallest absolute Gasteiger partial charge is 0.242 e. The number of rotatable bonds is 13. The van der Waals surface area contributed by atoms with E-state index < -0.39 is 0 Å². The van der Waals surface area contributed by atoms with Crippen molar-refractivity contribution in [1.29, 1.82) is 0 Å². The first kappa shape index (κ1) is 22.7. The van der Waals surface area contributed by atoms with E-state index in [1.165, 1.54) is 0 Å². The normalized spacial score (nSPS) is 11.1. The molecule has 3 N–H and O–H groups in total. The molecule has 1 aromatic carbocycles. The lowest BCUT2D eigenvalue weighted by Crippen LogP contribution is -2.39. The summed E-state index contributed by atoms with van der Waals surface area (Å²) < 4.78 is 15.4. The zero-order chi connectivity index (χ0) is 19.7. The molecule has 0 saturated carbocycles. The van der Waals surface area contributed by atoms with Crippen LogP contribution in [0.15, 0.2) is 29.3 Å². The topological polar surface area (TPSA) is 93.2 Å². The van der Waals surface area contributed by atoms with Crippen LogP contribution in [0.2, 0.25) is 0 Å². The Morgan fingerprint density at radius 3 is 2.48 bits per heavy atom. The zero-order valence-electron chi connectivity index (χ0n) is 16.5. The average molecular weight is 380 g/mol. The Labute approximate surface area is 161 Å². The molecule has 0 unspecified atom stereocenters. The third kappa shape index (κ3) is 11.1. The van der Waals surface area contributed by atoms with Crippen LogP contribution in [0.25, 0.3) is 0 Å². The number of guanidine groups is 1. The Bertz CT molecular complexity index is 549. The molecule has 152 valence electrons. The summed E-state index contributed by atoms with van der Waals surface area (Å²) in [7, 11) is 3.27. The predicted octanol–water partition coefficient (Wildman–Crippen LogP) is 0.920. The van der Waals surface area contributed by atoms with E-state index in [-0.39, 0.29) is 12.5 Å². The third-order valence-corrected chi connectivity index (χ3v) is 3.56. The van der Waals surface area contributed by atoms with Crippen LogP contribution in [0.3, 0.4) is 0 Å². The number of carbonyl (C=O) groups is 1. The molecule has 8 heteroatoms. The van der Waals surface area contributed by atoms with Gasteiger partial charge in [-0.15, -0.1) is 0 Å². The van der Waals surface area contributed by atoms with Crippen LogP contribution >= 0.6 is 0 Å². The van der Waals surface area contributed by atoms with Crippen LogP contribution in [0.1, 0.15) is 18.9 Å². The van der Waals surface area contributed by atoms with Gasteiger partial charge >= 0.3 is 0 Å². The molecule has 0 aliphatic carbocycles. The van der Waals surface area contributed by atoms with Crippen molar-refractivity contribution in [3.63, 3.8) is 0 Å². The first-order chi connectivity index (χ1) is 13.2. The maximum Gasteiger partial charge on any atom is 0.242 e. The number of nitrogens with zero attached hydrogens (tertiary/aromatic N) is 1. The van der Waals surface area contributed by atoms with Crippen LogP contribution in [-0.4, -0.2) is 65.5 Å². The Morgan fingerprint density at radius 2 is 1.81 bits per heavy atom. The highest BCUT2D eigenvalue weighted by Gasteiger charge is 2.03. The van der Waals surface area contributed by atoms with Crippen molar-refractivity contribution in [3.8, 4) is 5.75 Å². The van der Waals surface area contributed by atoms with Gasteiger partial charge in [-0.2, -0.15) is 0 Å². The second-order valence-corrected chi connectivity index (χ2v) is 5.71. The summed E-state index contributed by atoms with van der Waals surface area (Å²) in [5.74, 6) is 1.28. The van der Waals surface area contributed by atoms with Gasteiger partial charge in [-0.3, -0.25) is 4.79 Å². The van der Waals surface area contributed by atoms with Gasteiger partial charge in [0, 0.05) is 33.4 Å². The molecule has 0 spiro atoms. The lowest BCUT2D eigenvalue weighted by atomic mass is 10.2. The van der Waals surface area contributed by atoms with Crippen molar-refractivity contribution in [3.05, 3.63) is 29.8 Å². The van der Waals surface area contributed by atoms with E-state index in [1.54, 1.807) is 14.2 Å². The maximum atomic E-state index is 12.0. The van der Waals surface area contributed by atoms with Crippen molar-refractivity contribution in [2.45, 2.75) is 19.9 Å². The fraction of sp³-hybridized carbons (Fsp3) is 0.579. The Balaban J connectivity index is 2.28. The Kier molecular flexibility index (Phi) is 12.5. The predicted molar refractivity (Wildman–Crippen MR) is 106 cm³/mol. The van der Waals surface area contributed by atoms with E-state index in [9.17, 15) is 4.79 Å². The molecule has 0 saturated heterocycles. The number of ether oxygens (including phenoxy) is 3. The molecule has 1 rings (SSSR count). The van der Waals surface area contributed by atoms with Crippen LogP contribution in [0, 0.1) is 0 Å². The van der Waals surface area contributed by atoms with Crippen molar-refractivity contribution < 1.29 is 19.0 Å². The highest BCUT2D eigenvalue weighted by Crippen LogP contribution is 2.10. The minimum Gasteiger partial charge on any atom is -0.497 e. The molecule has 1 aromatic rings. The number of hydrogen-bond acceptors (Lipinski definition) is 5. The van der Waals surface area contributed by atoms with Gasteiger partial charge < -0.3 is 30.2 Å². The van der Waals surface area contributed by atoms with Gasteiger partial charge in [0.05, 0.1) is 20.3 Å². The molecule has 0 bridgehead atoms. The number of carbonyl (C=O) groups excluding carboxylic acids is 1. The van der Waals surface area contributed by atoms with E-state index in [2.05, 4.69) is 20.9 Å². The van der Waals surface area contributed by atoms with E-state index in [0.29, 0.717) is 38.9 Å². The molecule has 0 aliphatic heterocycles. The van der Waals surface area contributed by atoms with Gasteiger partial charge in [0.25, 0.3) is 0 Å². The molecule has 27 heavy (non-hydrogen) atoms. The lowest BCUT2D eigenvalue weighted by Gasteiger charge is -2.11. The van der Waals surface area contributed by atoms with E-state index in [0.717, 1.165) is 24.3 Å². The molecule has 0 atom stereocenters. The summed E-state index contributed by atoms with van der Waals surface area (Å²) in [4.78, 5) is 16.3. The van der Waals surface area contributed by atoms with Crippen LogP contribution < -0.4 is 20.7 Å². The third-order valence-electron chi connectivity index (χ3n) is 3.56. The fourth-order valence-corrected chi connectivity index (χ4v) is 2.12. The second kappa shape index (κ2) is 14.8. The Morgan fingerprint density at radius 1 is 1.04 bits per heavy atom. The summed E-state index contributed by atoms with van der Waals surface area (Å²) in [6.07, 6.45) is 0.845. The molecule has 0 aromatic heterocycles. The first-order valence-corrected chi connectivity index (χ1v) is 9.18.